The SMILES string of the molecule is O=C(CC(=O)N1CCNCC1)C1=NN=C2CC=NC=C21. The topological polar surface area (TPSA) is 86.5 Å². The number of nitrogens with zero attached hydrogens (tertiary/aromatic N) is 4. The number of amides is 1. The summed E-state index contributed by atoms with van der Waals surface area (Å²) in [5.41, 5.74) is 1.67. The van der Waals surface area contributed by atoms with Gasteiger partial charge in [-0.2, -0.15) is 5.10 Å². The molecule has 3 aliphatic rings. The van der Waals surface area contributed by atoms with E-state index in [9.17, 15) is 9.59 Å². The quantitative estimate of drug-likeness (QED) is 0.706. The van der Waals surface area contributed by atoms with Crippen molar-refractivity contribution >= 4 is 29.3 Å². The summed E-state index contributed by atoms with van der Waals surface area (Å²) in [6, 6.07) is 0. The number of ketones is 1. The summed E-state index contributed by atoms with van der Waals surface area (Å²) >= 11 is 0. The zero-order valence-electron chi connectivity index (χ0n) is 11.0. The maximum absolute atomic E-state index is 12.2. The van der Waals surface area contributed by atoms with Crippen LogP contribution in [0.1, 0.15) is 12.8 Å². The van der Waals surface area contributed by atoms with Gasteiger partial charge in [-0.1, -0.05) is 0 Å². The van der Waals surface area contributed by atoms with Gasteiger partial charge < -0.3 is 10.2 Å². The highest BCUT2D eigenvalue weighted by atomic mass is 16.2. The van der Waals surface area contributed by atoms with Crippen LogP contribution in [-0.4, -0.2) is 60.4 Å². The predicted octanol–water partition coefficient (Wildman–Crippen LogP) is -0.454. The van der Waals surface area contributed by atoms with Crippen LogP contribution in [0.3, 0.4) is 0 Å². The lowest BCUT2D eigenvalue weighted by Gasteiger charge is -2.27. The Balaban J connectivity index is 1.64. The van der Waals surface area contributed by atoms with E-state index in [2.05, 4.69) is 20.5 Å². The molecule has 7 heteroatoms. The lowest BCUT2D eigenvalue weighted by atomic mass is 9.99. The molecule has 1 amide bonds. The predicted molar refractivity (Wildman–Crippen MR) is 75.1 cm³/mol. The van der Waals surface area contributed by atoms with Crippen molar-refractivity contribution in [3.63, 3.8) is 0 Å². The Bertz CT molecular complexity index is 567. The maximum Gasteiger partial charge on any atom is 0.230 e. The molecule has 0 aliphatic carbocycles. The summed E-state index contributed by atoms with van der Waals surface area (Å²) in [7, 11) is 0. The zero-order valence-corrected chi connectivity index (χ0v) is 11.0. The van der Waals surface area contributed by atoms with Gasteiger partial charge >= 0.3 is 0 Å². The van der Waals surface area contributed by atoms with E-state index < -0.39 is 0 Å². The van der Waals surface area contributed by atoms with Gasteiger partial charge in [-0.15, -0.1) is 5.10 Å². The third-order valence-corrected chi connectivity index (χ3v) is 3.48. The van der Waals surface area contributed by atoms with E-state index in [-0.39, 0.29) is 23.8 Å². The number of piperazine rings is 1. The van der Waals surface area contributed by atoms with E-state index in [1.165, 1.54) is 0 Å². The summed E-state index contributed by atoms with van der Waals surface area (Å²) in [4.78, 5) is 30.0. The molecule has 3 rings (SSSR count). The van der Waals surface area contributed by atoms with Crippen LogP contribution < -0.4 is 5.32 Å². The number of carbonyl (C=O) groups is 2. The molecule has 0 aromatic carbocycles. The van der Waals surface area contributed by atoms with Crippen LogP contribution in [0.15, 0.2) is 27.0 Å². The van der Waals surface area contributed by atoms with E-state index >= 15 is 0 Å². The molecule has 1 saturated heterocycles. The molecular formula is C13H15N5O2. The summed E-state index contributed by atoms with van der Waals surface area (Å²) < 4.78 is 0. The second-order valence-electron chi connectivity index (χ2n) is 4.80. The van der Waals surface area contributed by atoms with E-state index in [1.54, 1.807) is 17.3 Å². The molecule has 0 atom stereocenters. The monoisotopic (exact) mass is 273 g/mol. The fraction of sp³-hybridized carbons (Fsp3) is 0.462. The van der Waals surface area contributed by atoms with Crippen molar-refractivity contribution in [1.29, 1.82) is 0 Å². The summed E-state index contributed by atoms with van der Waals surface area (Å²) in [5.74, 6) is -0.428. The van der Waals surface area contributed by atoms with Gasteiger partial charge in [-0.05, 0) is 0 Å². The zero-order chi connectivity index (χ0) is 13.9. The minimum Gasteiger partial charge on any atom is -0.340 e. The summed E-state index contributed by atoms with van der Waals surface area (Å²) in [6.45, 7) is 2.84. The first-order chi connectivity index (χ1) is 9.75. The second kappa shape index (κ2) is 5.46. The van der Waals surface area contributed by atoms with Crippen LogP contribution in [0.5, 0.6) is 0 Å². The van der Waals surface area contributed by atoms with Crippen LogP contribution in [0.4, 0.5) is 0 Å². The molecule has 0 bridgehead atoms. The fourth-order valence-corrected chi connectivity index (χ4v) is 2.36. The number of Topliss-reactive ketones (excluding diaryl/α,β-unsaturated/α-hetero) is 1. The van der Waals surface area contributed by atoms with E-state index in [4.69, 9.17) is 0 Å². The Kier molecular flexibility index (Phi) is 3.51. The first-order valence-corrected chi connectivity index (χ1v) is 6.64. The molecule has 1 fully saturated rings. The van der Waals surface area contributed by atoms with Crippen LogP contribution in [-0.2, 0) is 9.59 Å². The molecule has 0 spiro atoms. The Labute approximate surface area is 116 Å². The average molecular weight is 273 g/mol. The highest BCUT2D eigenvalue weighted by Gasteiger charge is 2.29. The van der Waals surface area contributed by atoms with Crippen molar-refractivity contribution in [3.05, 3.63) is 11.8 Å². The Morgan fingerprint density at radius 1 is 1.25 bits per heavy atom. The highest BCUT2D eigenvalue weighted by molar-refractivity contribution is 6.55. The molecule has 0 saturated carbocycles. The molecule has 20 heavy (non-hydrogen) atoms. The normalized spacial score (nSPS) is 21.0. The van der Waals surface area contributed by atoms with Crippen molar-refractivity contribution in [1.82, 2.24) is 10.2 Å². The summed E-state index contributed by atoms with van der Waals surface area (Å²) in [5, 5.41) is 11.0. The van der Waals surface area contributed by atoms with Gasteiger partial charge in [0.05, 0.1) is 12.1 Å². The van der Waals surface area contributed by atoms with Crippen molar-refractivity contribution < 1.29 is 9.59 Å². The van der Waals surface area contributed by atoms with Gasteiger partial charge in [0, 0.05) is 50.6 Å². The third-order valence-electron chi connectivity index (χ3n) is 3.48. The van der Waals surface area contributed by atoms with Crippen LogP contribution in [0.25, 0.3) is 0 Å². The van der Waals surface area contributed by atoms with Crippen molar-refractivity contribution in [2.75, 3.05) is 26.2 Å². The van der Waals surface area contributed by atoms with Crippen molar-refractivity contribution in [2.24, 2.45) is 15.2 Å². The van der Waals surface area contributed by atoms with Gasteiger partial charge in [0.2, 0.25) is 5.91 Å². The van der Waals surface area contributed by atoms with E-state index in [1.807, 2.05) is 0 Å². The van der Waals surface area contributed by atoms with Gasteiger partial charge in [0.15, 0.2) is 5.78 Å². The smallest absolute Gasteiger partial charge is 0.230 e. The molecule has 1 N–H and O–H groups in total. The third kappa shape index (κ3) is 2.44. The van der Waals surface area contributed by atoms with Crippen LogP contribution in [0, 0.1) is 0 Å². The standard InChI is InChI=1S/C13H15N5O2/c19-11(7-12(20)18-5-3-14-4-6-18)13-9-8-15-2-1-10(9)16-17-13/h2,8,14H,1,3-7H2. The Morgan fingerprint density at radius 3 is 2.85 bits per heavy atom. The first-order valence-electron chi connectivity index (χ1n) is 6.64. The molecule has 0 unspecified atom stereocenters. The Hall–Kier alpha value is -2.15. The molecule has 104 valence electrons. The van der Waals surface area contributed by atoms with Crippen LogP contribution >= 0.6 is 0 Å². The fourth-order valence-electron chi connectivity index (χ4n) is 2.36. The van der Waals surface area contributed by atoms with Gasteiger partial charge in [-0.25, -0.2) is 0 Å². The average Bonchev–Trinajstić information content (AvgIpc) is 2.92. The van der Waals surface area contributed by atoms with Gasteiger partial charge in [-0.3, -0.25) is 14.6 Å². The number of rotatable bonds is 3. The number of aliphatic imine (C=N–C) groups is 1. The number of fused-ring (bicyclic) bond motifs is 1. The molecule has 7 nitrogen and oxygen atoms in total. The van der Waals surface area contributed by atoms with Crippen molar-refractivity contribution in [2.45, 2.75) is 12.8 Å². The number of nitrogens with one attached hydrogen (secondary N) is 1. The Morgan fingerprint density at radius 2 is 2.05 bits per heavy atom. The van der Waals surface area contributed by atoms with E-state index in [0.29, 0.717) is 25.1 Å². The van der Waals surface area contributed by atoms with Crippen molar-refractivity contribution in [3.8, 4) is 0 Å². The molecular weight excluding hydrogens is 258 g/mol. The number of allylic oxidation sites excluding steroid dienone is 1. The molecule has 0 aromatic heterocycles. The number of hydrogen-bond donors (Lipinski definition) is 1. The van der Waals surface area contributed by atoms with E-state index in [0.717, 1.165) is 18.8 Å². The highest BCUT2D eigenvalue weighted by Crippen LogP contribution is 2.17. The van der Waals surface area contributed by atoms with Gasteiger partial charge in [0.1, 0.15) is 5.71 Å². The number of carbonyl (C=O) groups excluding carboxylic acids is 2. The first kappa shape index (κ1) is 12.9. The van der Waals surface area contributed by atoms with Crippen LogP contribution in [0.2, 0.25) is 0 Å². The molecule has 3 aliphatic heterocycles. The number of hydrogen-bond acceptors (Lipinski definition) is 6. The summed E-state index contributed by atoms with van der Waals surface area (Å²) in [6.07, 6.45) is 3.74. The second-order valence-corrected chi connectivity index (χ2v) is 4.80. The maximum atomic E-state index is 12.2. The molecule has 0 radical (unpaired) electrons. The molecule has 3 heterocycles. The minimum absolute atomic E-state index is 0.146. The minimum atomic E-state index is -0.282. The lowest BCUT2D eigenvalue weighted by Crippen LogP contribution is -2.47. The molecule has 0 aromatic rings. The lowest BCUT2D eigenvalue weighted by molar-refractivity contribution is -0.134. The largest absolute Gasteiger partial charge is 0.340 e. The van der Waals surface area contributed by atoms with Gasteiger partial charge in [0.25, 0.3) is 0 Å².